The Hall–Kier alpha value is -2.44. The number of fused-ring (bicyclic) bond motifs is 1. The number of nitrogens with one attached hydrogen (secondary N) is 1. The summed E-state index contributed by atoms with van der Waals surface area (Å²) in [6, 6.07) is 14.4. The van der Waals surface area contributed by atoms with Gasteiger partial charge in [0.2, 0.25) is 5.91 Å². The molecule has 0 radical (unpaired) electrons. The lowest BCUT2D eigenvalue weighted by atomic mass is 10.0. The Kier molecular flexibility index (Phi) is 7.66. The first-order valence-electron chi connectivity index (χ1n) is 11.8. The Bertz CT molecular complexity index is 953. The zero-order valence-electron chi connectivity index (χ0n) is 19.0. The second-order valence-electron chi connectivity index (χ2n) is 9.16. The molecule has 7 heteroatoms. The molecule has 2 aromatic rings. The van der Waals surface area contributed by atoms with Crippen LogP contribution in [0, 0.1) is 17.7 Å². The van der Waals surface area contributed by atoms with Crippen LogP contribution in [0.4, 0.5) is 4.39 Å². The first-order valence-corrected chi connectivity index (χ1v) is 12.1. The second kappa shape index (κ2) is 10.7. The van der Waals surface area contributed by atoms with Gasteiger partial charge in [0.05, 0.1) is 16.6 Å². The van der Waals surface area contributed by atoms with Crippen molar-refractivity contribution in [2.45, 2.75) is 32.2 Å². The molecule has 2 saturated heterocycles. The molecule has 2 fully saturated rings. The number of nitrogens with zero attached hydrogens (tertiary/aromatic N) is 2. The average molecular weight is 472 g/mol. The molecule has 4 rings (SSSR count). The number of carbonyl (C=O) groups is 2. The van der Waals surface area contributed by atoms with Crippen molar-refractivity contribution in [1.29, 1.82) is 0 Å². The van der Waals surface area contributed by atoms with Crippen molar-refractivity contribution >= 4 is 23.4 Å². The number of rotatable bonds is 8. The fraction of sp³-hybridized carbons (Fsp3) is 0.462. The molecule has 1 N–H and O–H groups in total. The van der Waals surface area contributed by atoms with Gasteiger partial charge in [0.25, 0.3) is 5.91 Å². The molecular weight excluding hydrogens is 441 g/mol. The monoisotopic (exact) mass is 471 g/mol. The van der Waals surface area contributed by atoms with Crippen LogP contribution < -0.4 is 5.32 Å². The van der Waals surface area contributed by atoms with Crippen molar-refractivity contribution < 1.29 is 14.0 Å². The van der Waals surface area contributed by atoms with Gasteiger partial charge in [-0.2, -0.15) is 0 Å². The number of amides is 2. The maximum Gasteiger partial charge on any atom is 0.258 e. The minimum absolute atomic E-state index is 0.00744. The van der Waals surface area contributed by atoms with Crippen molar-refractivity contribution in [3.05, 3.63) is 70.5 Å². The summed E-state index contributed by atoms with van der Waals surface area (Å²) in [5.74, 6) is -0.0376. The predicted molar refractivity (Wildman–Crippen MR) is 128 cm³/mol. The van der Waals surface area contributed by atoms with E-state index in [1.54, 1.807) is 11.0 Å². The van der Waals surface area contributed by atoms with Gasteiger partial charge in [-0.1, -0.05) is 54.9 Å². The third-order valence-corrected chi connectivity index (χ3v) is 7.09. The van der Waals surface area contributed by atoms with Gasteiger partial charge in [0.1, 0.15) is 5.82 Å². The van der Waals surface area contributed by atoms with Gasteiger partial charge >= 0.3 is 0 Å². The summed E-state index contributed by atoms with van der Waals surface area (Å²) in [5, 5.41) is 3.36. The van der Waals surface area contributed by atoms with Gasteiger partial charge < -0.3 is 15.1 Å². The van der Waals surface area contributed by atoms with Crippen LogP contribution in [-0.4, -0.2) is 54.3 Å². The number of likely N-dealkylation sites (tertiary alicyclic amines) is 2. The molecule has 2 aromatic carbocycles. The van der Waals surface area contributed by atoms with Gasteiger partial charge in [-0.25, -0.2) is 4.39 Å². The van der Waals surface area contributed by atoms with E-state index in [4.69, 9.17) is 11.6 Å². The minimum atomic E-state index is -0.566. The maximum absolute atomic E-state index is 14.2. The van der Waals surface area contributed by atoms with Crippen molar-refractivity contribution in [1.82, 2.24) is 15.1 Å². The quantitative estimate of drug-likeness (QED) is 0.615. The van der Waals surface area contributed by atoms with Gasteiger partial charge in [0, 0.05) is 39.1 Å². The molecule has 2 aliphatic rings. The molecule has 0 aromatic heterocycles. The molecule has 3 atom stereocenters. The Balaban J connectivity index is 1.33. The number of carbonyl (C=O) groups excluding carboxylic acids is 2. The van der Waals surface area contributed by atoms with E-state index < -0.39 is 5.82 Å². The zero-order chi connectivity index (χ0) is 23.4. The number of hydrogen-bond acceptors (Lipinski definition) is 3. The second-order valence-corrected chi connectivity index (χ2v) is 9.56. The van der Waals surface area contributed by atoms with E-state index in [9.17, 15) is 14.0 Å². The predicted octanol–water partition coefficient (Wildman–Crippen LogP) is 4.53. The van der Waals surface area contributed by atoms with Crippen LogP contribution in [-0.2, 0) is 4.79 Å². The molecule has 2 amide bonds. The standard InChI is InChI=1S/C26H31ClFN3O2/c1-2-7-24(32)29-23(18-8-4-3-5-9-18)12-13-30-14-19-16-31(17-20(19)15-30)26(33)25-21(27)10-6-11-22(25)28/h3-6,8-11,19-20,23H,2,7,12-17H2,1H3,(H,29,32)/t19?,20?,23-/m0/s1. The first-order chi connectivity index (χ1) is 16.0. The van der Waals surface area contributed by atoms with Crippen molar-refractivity contribution in [3.63, 3.8) is 0 Å². The fourth-order valence-corrected chi connectivity index (χ4v) is 5.36. The fourth-order valence-electron chi connectivity index (χ4n) is 5.11. The van der Waals surface area contributed by atoms with Crippen LogP contribution >= 0.6 is 11.6 Å². The third-order valence-electron chi connectivity index (χ3n) is 6.77. The van der Waals surface area contributed by atoms with Gasteiger partial charge in [-0.05, 0) is 42.4 Å². The van der Waals surface area contributed by atoms with E-state index in [2.05, 4.69) is 22.3 Å². The van der Waals surface area contributed by atoms with E-state index in [1.165, 1.54) is 12.1 Å². The van der Waals surface area contributed by atoms with E-state index >= 15 is 0 Å². The van der Waals surface area contributed by atoms with Crippen LogP contribution in [0.5, 0.6) is 0 Å². The average Bonchev–Trinajstić information content (AvgIpc) is 3.36. The lowest BCUT2D eigenvalue weighted by molar-refractivity contribution is -0.121. The summed E-state index contributed by atoms with van der Waals surface area (Å²) in [4.78, 5) is 29.3. The lowest BCUT2D eigenvalue weighted by Crippen LogP contribution is -2.35. The van der Waals surface area contributed by atoms with Crippen molar-refractivity contribution in [3.8, 4) is 0 Å². The summed E-state index contributed by atoms with van der Waals surface area (Å²) >= 11 is 6.10. The van der Waals surface area contributed by atoms with E-state index in [1.807, 2.05) is 25.1 Å². The largest absolute Gasteiger partial charge is 0.349 e. The third kappa shape index (κ3) is 5.56. The first kappa shape index (κ1) is 23.7. The molecular formula is C26H31ClFN3O2. The SMILES string of the molecule is CCCC(=O)N[C@@H](CCN1CC2CN(C(=O)c3c(F)cccc3Cl)CC2C1)c1ccccc1. The van der Waals surface area contributed by atoms with E-state index in [-0.39, 0.29) is 28.4 Å². The van der Waals surface area contributed by atoms with Crippen LogP contribution in [0.3, 0.4) is 0 Å². The van der Waals surface area contributed by atoms with Gasteiger partial charge in [-0.3, -0.25) is 9.59 Å². The highest BCUT2D eigenvalue weighted by atomic mass is 35.5. The van der Waals surface area contributed by atoms with Gasteiger partial charge in [-0.15, -0.1) is 0 Å². The Morgan fingerprint density at radius 1 is 1.06 bits per heavy atom. The molecule has 176 valence electrons. The Labute approximate surface area is 199 Å². The topological polar surface area (TPSA) is 52.7 Å². The highest BCUT2D eigenvalue weighted by Gasteiger charge is 2.42. The zero-order valence-corrected chi connectivity index (χ0v) is 19.7. The smallest absolute Gasteiger partial charge is 0.258 e. The molecule has 5 nitrogen and oxygen atoms in total. The minimum Gasteiger partial charge on any atom is -0.349 e. The van der Waals surface area contributed by atoms with E-state index in [0.29, 0.717) is 31.3 Å². The highest BCUT2D eigenvalue weighted by Crippen LogP contribution is 2.33. The van der Waals surface area contributed by atoms with Crippen molar-refractivity contribution in [2.75, 3.05) is 32.7 Å². The Morgan fingerprint density at radius 3 is 2.39 bits per heavy atom. The number of hydrogen-bond donors (Lipinski definition) is 1. The summed E-state index contributed by atoms with van der Waals surface area (Å²) in [6.07, 6.45) is 2.20. The Morgan fingerprint density at radius 2 is 1.76 bits per heavy atom. The summed E-state index contributed by atoms with van der Waals surface area (Å²) in [7, 11) is 0. The van der Waals surface area contributed by atoms with Crippen LogP contribution in [0.25, 0.3) is 0 Å². The molecule has 0 saturated carbocycles. The molecule has 2 heterocycles. The van der Waals surface area contributed by atoms with Crippen LogP contribution in [0.2, 0.25) is 5.02 Å². The lowest BCUT2D eigenvalue weighted by Gasteiger charge is -2.25. The maximum atomic E-state index is 14.2. The molecule has 0 bridgehead atoms. The van der Waals surface area contributed by atoms with E-state index in [0.717, 1.165) is 38.0 Å². The summed E-state index contributed by atoms with van der Waals surface area (Å²) in [5.41, 5.74) is 1.10. The highest BCUT2D eigenvalue weighted by molar-refractivity contribution is 6.33. The molecule has 33 heavy (non-hydrogen) atoms. The van der Waals surface area contributed by atoms with Crippen LogP contribution in [0.15, 0.2) is 48.5 Å². The number of halogens is 2. The number of benzene rings is 2. The van der Waals surface area contributed by atoms with Crippen molar-refractivity contribution in [2.24, 2.45) is 11.8 Å². The normalized spacial score (nSPS) is 21.1. The molecule has 2 unspecified atom stereocenters. The van der Waals surface area contributed by atoms with Gasteiger partial charge in [0.15, 0.2) is 0 Å². The molecule has 2 aliphatic heterocycles. The molecule has 0 aliphatic carbocycles. The molecule has 0 spiro atoms. The summed E-state index contributed by atoms with van der Waals surface area (Å²) < 4.78 is 14.2. The summed E-state index contributed by atoms with van der Waals surface area (Å²) in [6.45, 7) is 5.95. The van der Waals surface area contributed by atoms with Crippen LogP contribution in [0.1, 0.15) is 48.1 Å².